The second kappa shape index (κ2) is 17.3. The molecule has 10 heteroatoms. The Labute approximate surface area is 412 Å². The lowest BCUT2D eigenvalue weighted by Gasteiger charge is -2.20. The normalized spacial score (nSPS) is 11.0. The molecule has 0 saturated heterocycles. The van der Waals surface area contributed by atoms with Gasteiger partial charge < -0.3 is 9.13 Å². The van der Waals surface area contributed by atoms with Crippen LogP contribution in [0.2, 0.25) is 0 Å². The van der Waals surface area contributed by atoms with Gasteiger partial charge in [-0.1, -0.05) is 97.1 Å². The molecular weight excluding hydrogens is 885 g/mol. The minimum absolute atomic E-state index is 0.420. The Bertz CT molecular complexity index is 4250. The Morgan fingerprint density at radius 3 is 1.44 bits per heavy atom. The largest absolute Gasteiger partial charge is 0.309 e. The Kier molecular flexibility index (Phi) is 10.2. The van der Waals surface area contributed by atoms with Crippen molar-refractivity contribution >= 4 is 55.0 Å². The van der Waals surface area contributed by atoms with Crippen molar-refractivity contribution in [3.8, 4) is 86.0 Å². The molecule has 12 aromatic rings. The molecule has 12 rings (SSSR count). The molecule has 0 aliphatic carbocycles. The molecule has 0 spiro atoms. The molecule has 0 aliphatic rings. The first-order chi connectivity index (χ1) is 35.4. The van der Waals surface area contributed by atoms with Gasteiger partial charge in [0.1, 0.15) is 0 Å². The van der Waals surface area contributed by atoms with Gasteiger partial charge in [0.2, 0.25) is 0 Å². The van der Waals surface area contributed by atoms with Crippen molar-refractivity contribution in [2.45, 2.75) is 0 Å². The van der Waals surface area contributed by atoms with E-state index in [1.807, 2.05) is 152 Å². The van der Waals surface area contributed by atoms with Crippen LogP contribution in [-0.2, 0) is 0 Å². The third kappa shape index (κ3) is 7.04. The van der Waals surface area contributed by atoms with Gasteiger partial charge in [0.15, 0.2) is 28.8 Å². The number of benzene rings is 9. The number of hydrogen-bond acceptors (Lipinski definition) is 6. The van der Waals surface area contributed by atoms with E-state index >= 15 is 0 Å². The van der Waals surface area contributed by atoms with Crippen LogP contribution in [0.25, 0.3) is 121 Å². The van der Waals surface area contributed by atoms with Gasteiger partial charge in [0.25, 0.3) is 0 Å². The smallest absolute Gasteiger partial charge is 0.188 e. The molecule has 0 aliphatic heterocycles. The monoisotopic (exact) mass is 916 g/mol. The maximum absolute atomic E-state index is 10.4. The molecule has 0 N–H and O–H groups in total. The lowest BCUT2D eigenvalue weighted by molar-refractivity contribution is 1.07. The molecule has 0 amide bonds. The van der Waals surface area contributed by atoms with Crippen molar-refractivity contribution in [1.82, 2.24) is 24.1 Å². The summed E-state index contributed by atoms with van der Waals surface area (Å²) in [6.45, 7) is 15.8. The fourth-order valence-corrected chi connectivity index (χ4v) is 9.80. The van der Waals surface area contributed by atoms with Crippen LogP contribution >= 0.6 is 0 Å². The van der Waals surface area contributed by atoms with E-state index in [1.165, 1.54) is 0 Å². The molecule has 0 fully saturated rings. The van der Waals surface area contributed by atoms with E-state index in [2.05, 4.69) is 55.2 Å². The Hall–Kier alpha value is -11.0. The maximum atomic E-state index is 10.4. The summed E-state index contributed by atoms with van der Waals surface area (Å²) in [5, 5.41) is 33.9. The minimum atomic E-state index is 0.420. The van der Waals surface area contributed by atoms with Gasteiger partial charge in [-0.3, -0.25) is 0 Å². The molecule has 0 bridgehead atoms. The number of nitrogens with zero attached hydrogens (tertiary/aromatic N) is 10. The first kappa shape index (κ1) is 42.4. The molecule has 0 saturated carbocycles. The molecular formula is C62H32N10. The standard InChI is InChI=1S/C62H32N10/c1-66-44-20-27-56-53(32-44)50-29-38(35-63)17-24-55(50)71(56)46-22-23-48(62-69-60(40-11-5-3-6-12-40)68-61(70-62)41-13-7-4-8-14-41)49(34-46)52-31-42(47-16-10-9-15-43(47)37-65)19-26-58(52)72-57-25-18-39(36-64)30-51(57)54-33-45(67-2)21-28-59(54)72/h3-34H. The molecule has 3 heterocycles. The predicted octanol–water partition coefficient (Wildman–Crippen LogP) is 15.1. The summed E-state index contributed by atoms with van der Waals surface area (Å²) in [4.78, 5) is 23.1. The van der Waals surface area contributed by atoms with Gasteiger partial charge in [0, 0.05) is 38.7 Å². The van der Waals surface area contributed by atoms with Gasteiger partial charge in [-0.25, -0.2) is 24.6 Å². The molecule has 72 heavy (non-hydrogen) atoms. The van der Waals surface area contributed by atoms with Crippen LogP contribution in [0.1, 0.15) is 16.7 Å². The van der Waals surface area contributed by atoms with Gasteiger partial charge in [-0.2, -0.15) is 15.8 Å². The van der Waals surface area contributed by atoms with Crippen molar-refractivity contribution in [2.75, 3.05) is 0 Å². The third-order valence-electron chi connectivity index (χ3n) is 13.1. The van der Waals surface area contributed by atoms with E-state index < -0.39 is 0 Å². The quantitative estimate of drug-likeness (QED) is 0.146. The zero-order chi connectivity index (χ0) is 48.9. The first-order valence-corrected chi connectivity index (χ1v) is 22.8. The van der Waals surface area contributed by atoms with Gasteiger partial charge >= 0.3 is 0 Å². The van der Waals surface area contributed by atoms with Gasteiger partial charge in [-0.05, 0) is 125 Å². The average molecular weight is 917 g/mol. The molecule has 0 unspecified atom stereocenters. The zero-order valence-corrected chi connectivity index (χ0v) is 37.9. The fraction of sp³-hybridized carbons (Fsp3) is 0. The highest BCUT2D eigenvalue weighted by Gasteiger charge is 2.24. The zero-order valence-electron chi connectivity index (χ0n) is 37.9. The number of nitriles is 3. The van der Waals surface area contributed by atoms with Crippen molar-refractivity contribution in [3.63, 3.8) is 0 Å². The molecule has 9 aromatic carbocycles. The highest BCUT2D eigenvalue weighted by Crippen LogP contribution is 2.45. The minimum Gasteiger partial charge on any atom is -0.309 e. The SMILES string of the molecule is [C-]#[N+]c1ccc2c(c1)c1cc(C#N)ccc1n2-c1ccc(-c2nc(-c3ccccc3)nc(-c3ccccc3)n2)c(-c2cc(-c3ccccc3C#N)ccc2-n2c3ccc(C#N)cc3c3cc([N+]#[C-])ccc32)c1. The molecule has 10 nitrogen and oxygen atoms in total. The summed E-state index contributed by atoms with van der Waals surface area (Å²) in [7, 11) is 0. The summed E-state index contributed by atoms with van der Waals surface area (Å²) < 4.78 is 4.31. The van der Waals surface area contributed by atoms with Gasteiger partial charge in [0.05, 0.1) is 75.8 Å². The summed E-state index contributed by atoms with van der Waals surface area (Å²) in [5.41, 5.74) is 12.7. The molecule has 0 radical (unpaired) electrons. The third-order valence-corrected chi connectivity index (χ3v) is 13.1. The van der Waals surface area contributed by atoms with Crippen LogP contribution in [0.5, 0.6) is 0 Å². The highest BCUT2D eigenvalue weighted by atomic mass is 15.0. The lowest BCUT2D eigenvalue weighted by Crippen LogP contribution is -2.04. The van der Waals surface area contributed by atoms with Crippen LogP contribution in [0.3, 0.4) is 0 Å². The van der Waals surface area contributed by atoms with Crippen molar-refractivity contribution in [1.29, 1.82) is 15.8 Å². The Morgan fingerprint density at radius 2 is 0.889 bits per heavy atom. The van der Waals surface area contributed by atoms with E-state index in [0.717, 1.165) is 88.4 Å². The molecule has 0 atom stereocenters. The van der Waals surface area contributed by atoms with Crippen molar-refractivity contribution < 1.29 is 0 Å². The predicted molar refractivity (Wildman–Crippen MR) is 282 cm³/mol. The van der Waals surface area contributed by atoms with Gasteiger partial charge in [-0.15, -0.1) is 0 Å². The van der Waals surface area contributed by atoms with Crippen LogP contribution in [0.4, 0.5) is 11.4 Å². The van der Waals surface area contributed by atoms with E-state index in [4.69, 9.17) is 28.1 Å². The topological polar surface area (TPSA) is 129 Å². The second-order valence-corrected chi connectivity index (χ2v) is 17.1. The van der Waals surface area contributed by atoms with E-state index in [-0.39, 0.29) is 0 Å². The fourth-order valence-electron chi connectivity index (χ4n) is 9.80. The van der Waals surface area contributed by atoms with Crippen LogP contribution < -0.4 is 0 Å². The number of aromatic nitrogens is 5. The van der Waals surface area contributed by atoms with Crippen LogP contribution in [-0.4, -0.2) is 24.1 Å². The second-order valence-electron chi connectivity index (χ2n) is 17.1. The number of hydrogen-bond donors (Lipinski definition) is 0. The summed E-state index contributed by atoms with van der Waals surface area (Å²) in [6.07, 6.45) is 0. The van der Waals surface area contributed by atoms with Crippen molar-refractivity contribution in [3.05, 3.63) is 234 Å². The summed E-state index contributed by atoms with van der Waals surface area (Å²) in [6, 6.07) is 69.0. The number of rotatable bonds is 7. The first-order valence-electron chi connectivity index (χ1n) is 22.8. The van der Waals surface area contributed by atoms with Crippen LogP contribution in [0.15, 0.2) is 194 Å². The average Bonchev–Trinajstić information content (AvgIpc) is 3.96. The number of fused-ring (bicyclic) bond motifs is 6. The molecule has 330 valence electrons. The maximum Gasteiger partial charge on any atom is 0.188 e. The highest BCUT2D eigenvalue weighted by molar-refractivity contribution is 6.13. The Balaban J connectivity index is 1.24. The lowest BCUT2D eigenvalue weighted by atomic mass is 9.92. The van der Waals surface area contributed by atoms with Crippen molar-refractivity contribution in [2.24, 2.45) is 0 Å². The molecule has 3 aromatic heterocycles. The van der Waals surface area contributed by atoms with E-state index in [0.29, 0.717) is 51.1 Å². The van der Waals surface area contributed by atoms with Crippen LogP contribution in [0, 0.1) is 47.1 Å². The summed E-state index contributed by atoms with van der Waals surface area (Å²) >= 11 is 0. The van der Waals surface area contributed by atoms with E-state index in [1.54, 1.807) is 24.3 Å². The summed E-state index contributed by atoms with van der Waals surface area (Å²) in [5.74, 6) is 1.40. The Morgan fingerprint density at radius 1 is 0.375 bits per heavy atom. The van der Waals surface area contributed by atoms with E-state index in [9.17, 15) is 15.8 Å².